The molecule has 0 aromatic heterocycles. The molecule has 1 fully saturated rings. The summed E-state index contributed by atoms with van der Waals surface area (Å²) in [4.78, 5) is 26.7. The number of hydrogen-bond acceptors (Lipinski definition) is 10. The van der Waals surface area contributed by atoms with Gasteiger partial charge in [-0.15, -0.1) is 0 Å². The van der Waals surface area contributed by atoms with Gasteiger partial charge in [0.05, 0.1) is 25.4 Å². The summed E-state index contributed by atoms with van der Waals surface area (Å²) in [5.74, 6) is -1.19. The van der Waals surface area contributed by atoms with Crippen molar-refractivity contribution in [2.75, 3.05) is 13.2 Å². The monoisotopic (exact) mass is 1220 g/mol. The van der Waals surface area contributed by atoms with Crippen LogP contribution in [0.5, 0.6) is 0 Å². The Morgan fingerprint density at radius 1 is 0.460 bits per heavy atom. The predicted octanol–water partition coefficient (Wildman–Crippen LogP) is 18.8. The molecule has 8 atom stereocenters. The van der Waals surface area contributed by atoms with Crippen LogP contribution in [0.1, 0.15) is 323 Å². The average molecular weight is 1220 g/mol. The van der Waals surface area contributed by atoms with Crippen molar-refractivity contribution in [3.8, 4) is 0 Å². The van der Waals surface area contributed by atoms with Crippen LogP contribution in [0.25, 0.3) is 0 Å². The fourth-order valence-corrected chi connectivity index (χ4v) is 11.1. The maximum absolute atomic E-state index is 13.5. The first kappa shape index (κ1) is 81.9. The van der Waals surface area contributed by atoms with Crippen LogP contribution in [0, 0.1) is 0 Å². The van der Waals surface area contributed by atoms with E-state index in [2.05, 4.69) is 99.0 Å². The molecule has 87 heavy (non-hydrogen) atoms. The maximum Gasteiger partial charge on any atom is 0.306 e. The molecule has 1 aliphatic heterocycles. The van der Waals surface area contributed by atoms with Crippen molar-refractivity contribution in [3.63, 3.8) is 0 Å². The van der Waals surface area contributed by atoms with Gasteiger partial charge in [0.2, 0.25) is 5.91 Å². The Hall–Kier alpha value is -3.16. The molecule has 1 heterocycles. The highest BCUT2D eigenvalue weighted by Gasteiger charge is 2.47. The number of rotatable bonds is 62. The number of unbranched alkanes of at least 4 members (excludes halogenated alkanes) is 36. The summed E-state index contributed by atoms with van der Waals surface area (Å²) in [6, 6.07) is -1.03. The summed E-state index contributed by atoms with van der Waals surface area (Å²) in [6.07, 6.45) is 73.4. The van der Waals surface area contributed by atoms with E-state index in [9.17, 15) is 35.1 Å². The number of allylic oxidation sites excluding steroid dienone is 13. The molecule has 0 bridgehead atoms. The molecule has 0 aromatic carbocycles. The Morgan fingerprint density at radius 3 is 1.25 bits per heavy atom. The van der Waals surface area contributed by atoms with Crippen molar-refractivity contribution >= 4 is 11.9 Å². The first-order chi connectivity index (χ1) is 42.7. The summed E-state index contributed by atoms with van der Waals surface area (Å²) in [6.45, 7) is 5.70. The number of aliphatic hydroxyl groups excluding tert-OH is 5. The van der Waals surface area contributed by atoms with Gasteiger partial charge in [-0.2, -0.15) is 0 Å². The molecule has 1 saturated heterocycles. The number of aliphatic hydroxyl groups is 5. The number of amides is 1. The van der Waals surface area contributed by atoms with E-state index in [0.29, 0.717) is 12.8 Å². The summed E-state index contributed by atoms with van der Waals surface area (Å²) >= 11 is 0. The SMILES string of the molecule is CC/C=C\C/C=C\C/C=C\C/C=C\C/C=C\CCCCCCCCCCCCC(O)C(=O)NC(COC1OC(CO)C(O)C(O)C1OC(=O)CCCCCCCCCCCCC/C=C/CCCCCCCC)C(O)/C=C/CCCCCCCCCCC. The van der Waals surface area contributed by atoms with Crippen molar-refractivity contribution < 1.29 is 49.3 Å². The van der Waals surface area contributed by atoms with Crippen LogP contribution >= 0.6 is 0 Å². The van der Waals surface area contributed by atoms with Crippen LogP contribution < -0.4 is 5.32 Å². The molecule has 0 aliphatic carbocycles. The third-order valence-corrected chi connectivity index (χ3v) is 16.8. The van der Waals surface area contributed by atoms with Crippen molar-refractivity contribution in [2.45, 2.75) is 372 Å². The Bertz CT molecular complexity index is 1740. The van der Waals surface area contributed by atoms with Crippen LogP contribution in [0.2, 0.25) is 0 Å². The molecule has 1 amide bonds. The summed E-state index contributed by atoms with van der Waals surface area (Å²) in [7, 11) is 0. The van der Waals surface area contributed by atoms with Crippen LogP contribution in [0.4, 0.5) is 0 Å². The van der Waals surface area contributed by atoms with Gasteiger partial charge in [-0.25, -0.2) is 0 Å². The molecular formula is C76H135NO10. The van der Waals surface area contributed by atoms with Crippen molar-refractivity contribution in [2.24, 2.45) is 0 Å². The van der Waals surface area contributed by atoms with E-state index in [-0.39, 0.29) is 19.4 Å². The Kier molecular flexibility index (Phi) is 59.3. The summed E-state index contributed by atoms with van der Waals surface area (Å²) in [5, 5.41) is 57.2. The van der Waals surface area contributed by atoms with E-state index >= 15 is 0 Å². The fourth-order valence-electron chi connectivity index (χ4n) is 11.1. The molecule has 11 nitrogen and oxygen atoms in total. The largest absolute Gasteiger partial charge is 0.454 e. The fraction of sp³-hybridized carbons (Fsp3) is 0.789. The number of nitrogens with one attached hydrogen (secondary N) is 1. The van der Waals surface area contributed by atoms with E-state index in [0.717, 1.165) is 96.3 Å². The molecule has 8 unspecified atom stereocenters. The highest BCUT2D eigenvalue weighted by atomic mass is 16.7. The molecule has 0 saturated carbocycles. The van der Waals surface area contributed by atoms with Crippen molar-refractivity contribution in [1.82, 2.24) is 5.32 Å². The number of esters is 1. The zero-order valence-electron chi connectivity index (χ0n) is 56.1. The lowest BCUT2D eigenvalue weighted by Gasteiger charge is -2.41. The van der Waals surface area contributed by atoms with Crippen LogP contribution in [0.15, 0.2) is 85.1 Å². The minimum atomic E-state index is -1.62. The average Bonchev–Trinajstić information content (AvgIpc) is 1.30. The second kappa shape index (κ2) is 63.0. The summed E-state index contributed by atoms with van der Waals surface area (Å²) < 4.78 is 17.7. The lowest BCUT2D eigenvalue weighted by atomic mass is 9.99. The third-order valence-electron chi connectivity index (χ3n) is 16.8. The smallest absolute Gasteiger partial charge is 0.306 e. The Morgan fingerprint density at radius 2 is 0.828 bits per heavy atom. The van der Waals surface area contributed by atoms with Gasteiger partial charge < -0.3 is 45.1 Å². The van der Waals surface area contributed by atoms with E-state index < -0.39 is 67.4 Å². The molecule has 1 rings (SSSR count). The van der Waals surface area contributed by atoms with E-state index in [1.165, 1.54) is 180 Å². The van der Waals surface area contributed by atoms with E-state index in [4.69, 9.17) is 14.2 Å². The first-order valence-corrected chi connectivity index (χ1v) is 36.4. The molecule has 11 heteroatoms. The lowest BCUT2D eigenvalue weighted by molar-refractivity contribution is -0.305. The quantitative estimate of drug-likeness (QED) is 0.0195. The number of hydrogen-bond donors (Lipinski definition) is 6. The number of carbonyl (C=O) groups excluding carboxylic acids is 2. The molecule has 0 aromatic rings. The molecular weight excluding hydrogens is 1090 g/mol. The standard InChI is InChI=1S/C76H135NO10/c1-4-7-10-13-16-19-22-24-26-28-30-32-33-34-35-36-38-39-41-43-45-48-51-54-57-60-63-69(80)75(84)77-67(68(79)62-59-56-53-50-47-21-18-15-12-9-6-3)66-85-76-74(73(83)72(82)70(65-78)86-76)87-71(81)64-61-58-55-52-49-46-44-42-40-37-31-29-27-25-23-20-17-14-11-8-5-2/h7,10,16,19,24-27,30,32,34-35,59,62,67-70,72-74,76,78-80,82-83H,4-6,8-9,11-15,17-18,20-23,28-29,31,33,36-58,60-61,63-66H2,1-3H3,(H,77,84)/b10-7-,19-16-,26-24-,27-25+,32-30-,35-34-,62-59+. The Labute approximate surface area is 533 Å². The van der Waals surface area contributed by atoms with E-state index in [1.807, 2.05) is 6.08 Å². The van der Waals surface area contributed by atoms with Gasteiger partial charge in [-0.1, -0.05) is 305 Å². The molecule has 6 N–H and O–H groups in total. The maximum atomic E-state index is 13.5. The van der Waals surface area contributed by atoms with Gasteiger partial charge in [-0.3, -0.25) is 9.59 Å². The van der Waals surface area contributed by atoms with Gasteiger partial charge in [0.15, 0.2) is 12.4 Å². The minimum Gasteiger partial charge on any atom is -0.454 e. The number of ether oxygens (including phenoxy) is 3. The topological polar surface area (TPSA) is 175 Å². The third kappa shape index (κ3) is 50.2. The van der Waals surface area contributed by atoms with E-state index in [1.54, 1.807) is 6.08 Å². The number of carbonyl (C=O) groups is 2. The van der Waals surface area contributed by atoms with Crippen LogP contribution in [-0.2, 0) is 23.8 Å². The zero-order chi connectivity index (χ0) is 63.1. The zero-order valence-corrected chi connectivity index (χ0v) is 56.1. The van der Waals surface area contributed by atoms with Crippen molar-refractivity contribution in [1.29, 1.82) is 0 Å². The van der Waals surface area contributed by atoms with Crippen LogP contribution in [-0.4, -0.2) is 99.6 Å². The van der Waals surface area contributed by atoms with Crippen molar-refractivity contribution in [3.05, 3.63) is 85.1 Å². The summed E-state index contributed by atoms with van der Waals surface area (Å²) in [5.41, 5.74) is 0. The highest BCUT2D eigenvalue weighted by Crippen LogP contribution is 2.26. The van der Waals surface area contributed by atoms with Gasteiger partial charge in [0.1, 0.15) is 24.4 Å². The van der Waals surface area contributed by atoms with Gasteiger partial charge in [0.25, 0.3) is 0 Å². The molecule has 0 radical (unpaired) electrons. The highest BCUT2D eigenvalue weighted by molar-refractivity contribution is 5.80. The molecule has 0 spiro atoms. The Balaban J connectivity index is 2.54. The van der Waals surface area contributed by atoms with Crippen LogP contribution in [0.3, 0.4) is 0 Å². The first-order valence-electron chi connectivity index (χ1n) is 36.4. The van der Waals surface area contributed by atoms with Gasteiger partial charge >= 0.3 is 5.97 Å². The molecule has 504 valence electrons. The minimum absolute atomic E-state index is 0.122. The predicted molar refractivity (Wildman–Crippen MR) is 366 cm³/mol. The van der Waals surface area contributed by atoms with Gasteiger partial charge in [-0.05, 0) is 96.3 Å². The molecule has 1 aliphatic rings. The lowest BCUT2D eigenvalue weighted by Crippen LogP contribution is -2.61. The second-order valence-electron chi connectivity index (χ2n) is 24.9. The normalized spacial score (nSPS) is 18.7. The van der Waals surface area contributed by atoms with Gasteiger partial charge in [0, 0.05) is 6.42 Å². The second-order valence-corrected chi connectivity index (χ2v) is 24.9.